The number of hydrogen-bond donors (Lipinski definition) is 1. The first-order valence-electron chi connectivity index (χ1n) is 5.68. The summed E-state index contributed by atoms with van der Waals surface area (Å²) in [5, 5.41) is 14.8. The lowest BCUT2D eigenvalue weighted by Gasteiger charge is -2.27. The van der Waals surface area contributed by atoms with Crippen molar-refractivity contribution < 1.29 is 9.66 Å². The minimum Gasteiger partial charge on any atom is -0.467 e. The van der Waals surface area contributed by atoms with Gasteiger partial charge in [0.25, 0.3) is 0 Å². The quantitative estimate of drug-likeness (QED) is 0.627. The molecule has 94 valence electrons. The Labute approximate surface area is 98.7 Å². The van der Waals surface area contributed by atoms with Crippen molar-refractivity contribution in [3.63, 3.8) is 0 Å². The molecule has 0 spiro atoms. The average molecular weight is 240 g/mol. The molecule has 1 heterocycles. The van der Waals surface area contributed by atoms with Crippen LogP contribution in [0.3, 0.4) is 0 Å². The summed E-state index contributed by atoms with van der Waals surface area (Å²) in [6.07, 6.45) is 5.02. The fraction of sp³-hybridized carbons (Fsp3) is 0.700. The molecular formula is C10H16N4O3. The Balaban J connectivity index is 2.14. The summed E-state index contributed by atoms with van der Waals surface area (Å²) in [5.41, 5.74) is 5.82. The van der Waals surface area contributed by atoms with E-state index in [2.05, 4.69) is 5.10 Å². The first-order chi connectivity index (χ1) is 8.08. The first-order valence-corrected chi connectivity index (χ1v) is 5.68. The third-order valence-corrected chi connectivity index (χ3v) is 2.99. The molecule has 2 N–H and O–H groups in total. The second kappa shape index (κ2) is 4.70. The van der Waals surface area contributed by atoms with Gasteiger partial charge in [0, 0.05) is 13.1 Å². The summed E-state index contributed by atoms with van der Waals surface area (Å²) < 4.78 is 6.96. The average Bonchev–Trinajstić information content (AvgIpc) is 2.63. The smallest absolute Gasteiger partial charge is 0.350 e. The van der Waals surface area contributed by atoms with Gasteiger partial charge in [-0.1, -0.05) is 6.42 Å². The number of aromatic nitrogens is 2. The molecule has 1 aromatic heterocycles. The van der Waals surface area contributed by atoms with Crippen LogP contribution in [0.15, 0.2) is 6.20 Å². The summed E-state index contributed by atoms with van der Waals surface area (Å²) >= 11 is 0. The highest BCUT2D eigenvalue weighted by Crippen LogP contribution is 2.28. The molecule has 0 saturated heterocycles. The molecule has 2 atom stereocenters. The minimum absolute atomic E-state index is 0.0645. The Morgan fingerprint density at radius 2 is 2.29 bits per heavy atom. The Bertz CT molecular complexity index is 418. The summed E-state index contributed by atoms with van der Waals surface area (Å²) in [6.45, 7) is 0. The van der Waals surface area contributed by atoms with Crippen LogP contribution in [0.1, 0.15) is 25.7 Å². The van der Waals surface area contributed by atoms with E-state index in [1.54, 1.807) is 7.05 Å². The highest BCUT2D eigenvalue weighted by atomic mass is 16.6. The van der Waals surface area contributed by atoms with Gasteiger partial charge in [0.1, 0.15) is 12.3 Å². The number of ether oxygens (including phenoxy) is 1. The van der Waals surface area contributed by atoms with Crippen molar-refractivity contribution in [3.05, 3.63) is 16.3 Å². The van der Waals surface area contributed by atoms with Crippen molar-refractivity contribution in [1.82, 2.24) is 9.78 Å². The Morgan fingerprint density at radius 3 is 2.94 bits per heavy atom. The maximum Gasteiger partial charge on any atom is 0.350 e. The fourth-order valence-corrected chi connectivity index (χ4v) is 2.08. The molecule has 7 nitrogen and oxygen atoms in total. The lowest BCUT2D eigenvalue weighted by molar-refractivity contribution is -0.386. The Hall–Kier alpha value is -1.63. The van der Waals surface area contributed by atoms with Gasteiger partial charge in [-0.15, -0.1) is 5.10 Å². The molecule has 1 saturated carbocycles. The molecule has 7 heteroatoms. The van der Waals surface area contributed by atoms with Crippen LogP contribution in [-0.2, 0) is 7.05 Å². The standard InChI is InChI=1S/C10H16N4O3/c1-13-6-8(14(15)16)10(12-13)17-9-5-3-2-4-7(9)11/h6-7,9H,2-5,11H2,1H3. The van der Waals surface area contributed by atoms with Crippen molar-refractivity contribution >= 4 is 5.69 Å². The molecule has 1 fully saturated rings. The van der Waals surface area contributed by atoms with E-state index in [-0.39, 0.29) is 23.7 Å². The number of aryl methyl sites for hydroxylation is 1. The van der Waals surface area contributed by atoms with E-state index < -0.39 is 4.92 Å². The van der Waals surface area contributed by atoms with Gasteiger partial charge in [-0.25, -0.2) is 0 Å². The topological polar surface area (TPSA) is 96.2 Å². The molecule has 0 radical (unpaired) electrons. The molecule has 0 aromatic carbocycles. The second-order valence-corrected chi connectivity index (χ2v) is 4.35. The van der Waals surface area contributed by atoms with Gasteiger partial charge >= 0.3 is 11.6 Å². The van der Waals surface area contributed by atoms with Crippen molar-refractivity contribution in [2.45, 2.75) is 37.8 Å². The van der Waals surface area contributed by atoms with Gasteiger partial charge in [0.05, 0.1) is 4.92 Å². The van der Waals surface area contributed by atoms with Gasteiger partial charge in [-0.05, 0) is 19.3 Å². The van der Waals surface area contributed by atoms with Crippen molar-refractivity contribution in [3.8, 4) is 5.88 Å². The normalized spacial score (nSPS) is 24.6. The summed E-state index contributed by atoms with van der Waals surface area (Å²) in [4.78, 5) is 10.3. The molecule has 17 heavy (non-hydrogen) atoms. The van der Waals surface area contributed by atoms with E-state index >= 15 is 0 Å². The fourth-order valence-electron chi connectivity index (χ4n) is 2.08. The largest absolute Gasteiger partial charge is 0.467 e. The molecule has 0 bridgehead atoms. The zero-order chi connectivity index (χ0) is 12.4. The summed E-state index contributed by atoms with van der Waals surface area (Å²) in [6, 6.07) is -0.0645. The first kappa shape index (κ1) is 11.8. The molecule has 1 aliphatic rings. The van der Waals surface area contributed by atoms with Crippen molar-refractivity contribution in [2.24, 2.45) is 12.8 Å². The van der Waals surface area contributed by atoms with Crippen LogP contribution in [-0.4, -0.2) is 26.8 Å². The van der Waals surface area contributed by atoms with Crippen LogP contribution in [0.4, 0.5) is 5.69 Å². The molecule has 1 aromatic rings. The van der Waals surface area contributed by atoms with Gasteiger partial charge in [0.2, 0.25) is 0 Å². The lowest BCUT2D eigenvalue weighted by Crippen LogP contribution is -2.41. The van der Waals surface area contributed by atoms with Gasteiger partial charge in [-0.3, -0.25) is 14.8 Å². The zero-order valence-corrected chi connectivity index (χ0v) is 9.70. The lowest BCUT2D eigenvalue weighted by atomic mass is 9.93. The Morgan fingerprint density at radius 1 is 1.59 bits per heavy atom. The van der Waals surface area contributed by atoms with Crippen molar-refractivity contribution in [1.29, 1.82) is 0 Å². The zero-order valence-electron chi connectivity index (χ0n) is 9.70. The van der Waals surface area contributed by atoms with Gasteiger partial charge in [0.15, 0.2) is 0 Å². The number of nitrogens with two attached hydrogens (primary N) is 1. The van der Waals surface area contributed by atoms with Crippen LogP contribution >= 0.6 is 0 Å². The summed E-state index contributed by atoms with van der Waals surface area (Å²) in [5.74, 6) is 0.0693. The van der Waals surface area contributed by atoms with E-state index in [1.165, 1.54) is 10.9 Å². The minimum atomic E-state index is -0.489. The second-order valence-electron chi connectivity index (χ2n) is 4.35. The Kier molecular flexibility index (Phi) is 3.28. The molecule has 0 aliphatic heterocycles. The van der Waals surface area contributed by atoms with Crippen LogP contribution in [0.2, 0.25) is 0 Å². The molecule has 0 amide bonds. The maximum absolute atomic E-state index is 10.8. The van der Waals surface area contributed by atoms with E-state index in [4.69, 9.17) is 10.5 Å². The third kappa shape index (κ3) is 2.55. The van der Waals surface area contributed by atoms with Crippen LogP contribution in [0, 0.1) is 10.1 Å². The number of hydrogen-bond acceptors (Lipinski definition) is 5. The van der Waals surface area contributed by atoms with Gasteiger partial charge < -0.3 is 10.5 Å². The molecule has 2 unspecified atom stereocenters. The number of rotatable bonds is 3. The highest BCUT2D eigenvalue weighted by molar-refractivity contribution is 5.38. The number of nitrogens with zero attached hydrogens (tertiary/aromatic N) is 3. The molecule has 1 aliphatic carbocycles. The van der Waals surface area contributed by atoms with Crippen LogP contribution < -0.4 is 10.5 Å². The predicted octanol–water partition coefficient (Wildman–Crippen LogP) is 0.977. The van der Waals surface area contributed by atoms with E-state index in [1.807, 2.05) is 0 Å². The number of nitro groups is 1. The van der Waals surface area contributed by atoms with Crippen molar-refractivity contribution in [2.75, 3.05) is 0 Å². The van der Waals surface area contributed by atoms with Crippen LogP contribution in [0.5, 0.6) is 5.88 Å². The van der Waals surface area contributed by atoms with Crippen LogP contribution in [0.25, 0.3) is 0 Å². The summed E-state index contributed by atoms with van der Waals surface area (Å²) in [7, 11) is 1.63. The highest BCUT2D eigenvalue weighted by Gasteiger charge is 2.28. The van der Waals surface area contributed by atoms with E-state index in [9.17, 15) is 10.1 Å². The maximum atomic E-state index is 10.8. The molecular weight excluding hydrogens is 224 g/mol. The van der Waals surface area contributed by atoms with Gasteiger partial charge in [-0.2, -0.15) is 0 Å². The predicted molar refractivity (Wildman–Crippen MR) is 60.7 cm³/mol. The SMILES string of the molecule is Cn1cc([N+](=O)[O-])c(OC2CCCCC2N)n1. The van der Waals surface area contributed by atoms with E-state index in [0.717, 1.165) is 25.7 Å². The van der Waals surface area contributed by atoms with E-state index in [0.29, 0.717) is 0 Å². The molecule has 2 rings (SSSR count). The monoisotopic (exact) mass is 240 g/mol. The third-order valence-electron chi connectivity index (χ3n) is 2.99.